The largest absolute Gasteiger partial charge is 0.352 e. The summed E-state index contributed by atoms with van der Waals surface area (Å²) in [6.07, 6.45) is 2.31. The summed E-state index contributed by atoms with van der Waals surface area (Å²) in [5, 5.41) is 3.12. The maximum Gasteiger partial charge on any atom is 0.237 e. The quantitative estimate of drug-likeness (QED) is 0.871. The minimum atomic E-state index is -0.00178. The van der Waals surface area contributed by atoms with Gasteiger partial charge in [0.25, 0.3) is 0 Å². The predicted molar refractivity (Wildman–Crippen MR) is 98.0 cm³/mol. The Morgan fingerprint density at radius 3 is 2.25 bits per heavy atom. The van der Waals surface area contributed by atoms with Gasteiger partial charge in [-0.1, -0.05) is 38.1 Å². The fourth-order valence-electron chi connectivity index (χ4n) is 3.29. The fourth-order valence-corrected chi connectivity index (χ4v) is 3.29. The number of benzene rings is 1. The van der Waals surface area contributed by atoms with Crippen molar-refractivity contribution < 1.29 is 4.79 Å². The number of carbonyl (C=O) groups excluding carboxylic acids is 1. The van der Waals surface area contributed by atoms with Gasteiger partial charge >= 0.3 is 0 Å². The molecule has 3 rings (SSSR count). The van der Waals surface area contributed by atoms with Crippen LogP contribution in [0, 0.1) is 0 Å². The number of carbonyl (C=O) groups is 1. The lowest BCUT2D eigenvalue weighted by Gasteiger charge is -2.37. The number of nitrogens with zero attached hydrogens (tertiary/aromatic N) is 2. The summed E-state index contributed by atoms with van der Waals surface area (Å²) >= 11 is 0. The van der Waals surface area contributed by atoms with E-state index in [9.17, 15) is 4.79 Å². The first kappa shape index (κ1) is 17.4. The molecule has 1 heterocycles. The van der Waals surface area contributed by atoms with Crippen molar-refractivity contribution in [2.24, 2.45) is 0 Å². The Labute approximate surface area is 146 Å². The number of hydrogen-bond donors (Lipinski definition) is 1. The van der Waals surface area contributed by atoms with Gasteiger partial charge in [-0.05, 0) is 36.8 Å². The molecule has 1 saturated heterocycles. The van der Waals surface area contributed by atoms with E-state index in [1.165, 1.54) is 11.1 Å². The van der Waals surface area contributed by atoms with Crippen molar-refractivity contribution in [1.82, 2.24) is 15.1 Å². The molecule has 0 radical (unpaired) electrons. The number of nitrogens with one attached hydrogen (secondary N) is 1. The smallest absolute Gasteiger partial charge is 0.237 e. The average Bonchev–Trinajstić information content (AvgIpc) is 3.39. The van der Waals surface area contributed by atoms with Crippen LogP contribution in [0.2, 0.25) is 0 Å². The first-order chi connectivity index (χ1) is 11.5. The van der Waals surface area contributed by atoms with Crippen LogP contribution in [0.4, 0.5) is 0 Å². The van der Waals surface area contributed by atoms with Gasteiger partial charge in [0.15, 0.2) is 0 Å². The normalized spacial score (nSPS) is 21.0. The third-order valence-electron chi connectivity index (χ3n) is 5.31. The summed E-state index contributed by atoms with van der Waals surface area (Å²) in [6.45, 7) is 11.5. The molecule has 1 amide bonds. The molecule has 1 aromatic rings. The molecule has 1 aromatic carbocycles. The molecule has 132 valence electrons. The lowest BCUT2D eigenvalue weighted by Crippen LogP contribution is -2.53. The predicted octanol–water partition coefficient (Wildman–Crippen LogP) is 2.59. The molecule has 0 bridgehead atoms. The van der Waals surface area contributed by atoms with Crippen molar-refractivity contribution in [3.63, 3.8) is 0 Å². The molecular weight excluding hydrogens is 298 g/mol. The Balaban J connectivity index is 1.45. The minimum Gasteiger partial charge on any atom is -0.352 e. The van der Waals surface area contributed by atoms with Crippen molar-refractivity contribution in [2.45, 2.75) is 58.2 Å². The monoisotopic (exact) mass is 329 g/mol. The Hall–Kier alpha value is -1.39. The van der Waals surface area contributed by atoms with Gasteiger partial charge in [0.05, 0.1) is 6.04 Å². The maximum atomic E-state index is 12.2. The standard InChI is InChI=1S/C20H31N3O/c1-15(2)18-6-4-17(5-7-18)14-22-10-12-23(13-11-22)16(3)20(24)21-19-8-9-19/h4-7,15-16,19H,8-14H2,1-3H3,(H,21,24)/t16-/m0/s1. The number of piperazine rings is 1. The van der Waals surface area contributed by atoms with Crippen LogP contribution in [0.3, 0.4) is 0 Å². The summed E-state index contributed by atoms with van der Waals surface area (Å²) in [5.41, 5.74) is 2.78. The lowest BCUT2D eigenvalue weighted by atomic mass is 10.0. The van der Waals surface area contributed by atoms with Gasteiger partial charge in [0.2, 0.25) is 5.91 Å². The van der Waals surface area contributed by atoms with Gasteiger partial charge in [0.1, 0.15) is 0 Å². The summed E-state index contributed by atoms with van der Waals surface area (Å²) in [5.74, 6) is 0.793. The van der Waals surface area contributed by atoms with Crippen LogP contribution in [0.1, 0.15) is 50.7 Å². The number of rotatable bonds is 6. The molecule has 4 heteroatoms. The van der Waals surface area contributed by atoms with Crippen LogP contribution in [0.15, 0.2) is 24.3 Å². The summed E-state index contributed by atoms with van der Waals surface area (Å²) in [4.78, 5) is 17.0. The van der Waals surface area contributed by atoms with Crippen molar-refractivity contribution in [3.05, 3.63) is 35.4 Å². The van der Waals surface area contributed by atoms with Crippen LogP contribution >= 0.6 is 0 Å². The van der Waals surface area contributed by atoms with Crippen molar-refractivity contribution >= 4 is 5.91 Å². The molecule has 1 atom stereocenters. The maximum absolute atomic E-state index is 12.2. The third-order valence-corrected chi connectivity index (χ3v) is 5.31. The summed E-state index contributed by atoms with van der Waals surface area (Å²) in [6, 6.07) is 9.47. The van der Waals surface area contributed by atoms with Gasteiger partial charge in [-0.2, -0.15) is 0 Å². The number of hydrogen-bond acceptors (Lipinski definition) is 3. The highest BCUT2D eigenvalue weighted by atomic mass is 16.2. The topological polar surface area (TPSA) is 35.6 Å². The van der Waals surface area contributed by atoms with Crippen molar-refractivity contribution in [2.75, 3.05) is 26.2 Å². The molecule has 1 aliphatic carbocycles. The Bertz CT molecular complexity index is 543. The van der Waals surface area contributed by atoms with Crippen molar-refractivity contribution in [1.29, 1.82) is 0 Å². The van der Waals surface area contributed by atoms with Crippen LogP contribution in [0.25, 0.3) is 0 Å². The van der Waals surface area contributed by atoms with E-state index < -0.39 is 0 Å². The first-order valence-electron chi connectivity index (χ1n) is 9.38. The summed E-state index contributed by atoms with van der Waals surface area (Å²) < 4.78 is 0. The first-order valence-corrected chi connectivity index (χ1v) is 9.38. The lowest BCUT2D eigenvalue weighted by molar-refractivity contribution is -0.126. The number of amides is 1. The minimum absolute atomic E-state index is 0.00178. The molecule has 0 aromatic heterocycles. The van der Waals surface area contributed by atoms with Gasteiger partial charge in [-0.3, -0.25) is 14.6 Å². The third kappa shape index (κ3) is 4.58. The zero-order chi connectivity index (χ0) is 17.1. The van der Waals surface area contributed by atoms with Crippen molar-refractivity contribution in [3.8, 4) is 0 Å². The molecule has 0 spiro atoms. The van der Waals surface area contributed by atoms with E-state index in [1.807, 2.05) is 6.92 Å². The van der Waals surface area contributed by atoms with E-state index in [4.69, 9.17) is 0 Å². The molecule has 2 fully saturated rings. The van der Waals surface area contributed by atoms with Gasteiger partial charge in [-0.15, -0.1) is 0 Å². The highest BCUT2D eigenvalue weighted by Gasteiger charge is 2.29. The second kappa shape index (κ2) is 7.66. The summed E-state index contributed by atoms with van der Waals surface area (Å²) in [7, 11) is 0. The van der Waals surface area contributed by atoms with Gasteiger partial charge < -0.3 is 5.32 Å². The van der Waals surface area contributed by atoms with Crippen LogP contribution in [0.5, 0.6) is 0 Å². The van der Waals surface area contributed by atoms with Crippen LogP contribution in [-0.2, 0) is 11.3 Å². The molecule has 24 heavy (non-hydrogen) atoms. The Morgan fingerprint density at radius 2 is 1.71 bits per heavy atom. The second-order valence-corrected chi connectivity index (χ2v) is 7.67. The molecular formula is C20H31N3O. The van der Waals surface area contributed by atoms with Crippen LogP contribution < -0.4 is 5.32 Å². The zero-order valence-corrected chi connectivity index (χ0v) is 15.3. The molecule has 0 unspecified atom stereocenters. The Kier molecular flexibility index (Phi) is 5.57. The van der Waals surface area contributed by atoms with Gasteiger partial charge in [0, 0.05) is 38.8 Å². The molecule has 1 saturated carbocycles. The van der Waals surface area contributed by atoms with Gasteiger partial charge in [-0.25, -0.2) is 0 Å². The molecule has 4 nitrogen and oxygen atoms in total. The highest BCUT2D eigenvalue weighted by Crippen LogP contribution is 2.20. The van der Waals surface area contributed by atoms with E-state index in [0.29, 0.717) is 12.0 Å². The second-order valence-electron chi connectivity index (χ2n) is 7.67. The SMILES string of the molecule is CC(C)c1ccc(CN2CCN([C@@H](C)C(=O)NC3CC3)CC2)cc1. The molecule has 1 aliphatic heterocycles. The van der Waals surface area contributed by atoms with E-state index in [1.54, 1.807) is 0 Å². The molecule has 2 aliphatic rings. The van der Waals surface area contributed by atoms with Crippen LogP contribution in [-0.4, -0.2) is 54.0 Å². The van der Waals surface area contributed by atoms with E-state index in [-0.39, 0.29) is 11.9 Å². The average molecular weight is 329 g/mol. The van der Waals surface area contributed by atoms with E-state index in [0.717, 1.165) is 45.6 Å². The Morgan fingerprint density at radius 1 is 1.08 bits per heavy atom. The molecule has 1 N–H and O–H groups in total. The highest BCUT2D eigenvalue weighted by molar-refractivity contribution is 5.81. The zero-order valence-electron chi connectivity index (χ0n) is 15.3. The van der Waals surface area contributed by atoms with E-state index in [2.05, 4.69) is 53.2 Å². The van der Waals surface area contributed by atoms with E-state index >= 15 is 0 Å². The fraction of sp³-hybridized carbons (Fsp3) is 0.650.